The fourth-order valence-corrected chi connectivity index (χ4v) is 12.0. The van der Waals surface area contributed by atoms with Crippen molar-refractivity contribution >= 4 is 5.97 Å². The highest BCUT2D eigenvalue weighted by Gasteiger charge is 2.69. The Morgan fingerprint density at radius 1 is 0.867 bits per heavy atom. The maximum absolute atomic E-state index is 14.4. The Kier molecular flexibility index (Phi) is 8.25. The molecule has 9 nitrogen and oxygen atoms in total. The molecule has 256 valence electrons. The molecule has 0 spiro atoms. The van der Waals surface area contributed by atoms with Gasteiger partial charge in [-0.1, -0.05) is 53.2 Å². The summed E-state index contributed by atoms with van der Waals surface area (Å²) < 4.78 is 11.5. The standard InChI is InChI=1S/C36H58O9/c1-31(2)23-9-12-35(6)24(33(23,4)11-10-25(31)39)8-7-20-21-17-32(3,19-38)13-15-36(21,16-14-34(20,35)5)30(43)45-29-28(42)27(41)26(40)22(18-37)44-29/h7,21-29,37-42H,8-19H2,1-6H3. The van der Waals surface area contributed by atoms with E-state index in [0.29, 0.717) is 37.5 Å². The van der Waals surface area contributed by atoms with Gasteiger partial charge in [0.1, 0.15) is 24.4 Å². The van der Waals surface area contributed by atoms with Crippen molar-refractivity contribution in [1.82, 2.24) is 0 Å². The lowest BCUT2D eigenvalue weighted by Gasteiger charge is -2.71. The van der Waals surface area contributed by atoms with Crippen LogP contribution in [0, 0.1) is 50.2 Å². The van der Waals surface area contributed by atoms with Crippen LogP contribution in [0.5, 0.6) is 0 Å². The molecule has 14 unspecified atom stereocenters. The van der Waals surface area contributed by atoms with Gasteiger partial charge in [-0.2, -0.15) is 0 Å². The van der Waals surface area contributed by atoms with Crippen molar-refractivity contribution in [2.45, 2.75) is 143 Å². The molecule has 6 N–H and O–H groups in total. The van der Waals surface area contributed by atoms with Gasteiger partial charge in [0.25, 0.3) is 0 Å². The first-order valence-electron chi connectivity index (χ1n) is 17.5. The molecule has 14 atom stereocenters. The lowest BCUT2D eigenvalue weighted by atomic mass is 9.33. The molecule has 0 aromatic carbocycles. The van der Waals surface area contributed by atoms with Crippen LogP contribution in [0.1, 0.15) is 106 Å². The van der Waals surface area contributed by atoms with Crippen LogP contribution in [0.2, 0.25) is 0 Å². The van der Waals surface area contributed by atoms with E-state index in [1.807, 2.05) is 0 Å². The Balaban J connectivity index is 1.36. The molecule has 0 aromatic rings. The van der Waals surface area contributed by atoms with Crippen molar-refractivity contribution in [3.05, 3.63) is 11.6 Å². The van der Waals surface area contributed by atoms with Crippen LogP contribution in [0.3, 0.4) is 0 Å². The second kappa shape index (κ2) is 11.0. The molecular weight excluding hydrogens is 576 g/mol. The summed E-state index contributed by atoms with van der Waals surface area (Å²) in [7, 11) is 0. The molecule has 4 saturated carbocycles. The molecule has 45 heavy (non-hydrogen) atoms. The SMILES string of the molecule is CC1(CO)CCC2(C(=O)OC3OC(CO)C(O)C(O)C3O)CCC3(C)C(=CCC4C5(C)CCC(O)C(C)(C)C5CCC43C)C2C1. The highest BCUT2D eigenvalue weighted by molar-refractivity contribution is 5.79. The molecule has 0 radical (unpaired) electrons. The van der Waals surface area contributed by atoms with Crippen LogP contribution in [0.15, 0.2) is 11.6 Å². The molecule has 0 bridgehead atoms. The second-order valence-electron chi connectivity index (χ2n) is 17.7. The molecule has 1 saturated heterocycles. The van der Waals surface area contributed by atoms with E-state index in [2.05, 4.69) is 47.6 Å². The van der Waals surface area contributed by atoms with Crippen molar-refractivity contribution < 1.29 is 44.9 Å². The van der Waals surface area contributed by atoms with Crippen molar-refractivity contribution in [3.63, 3.8) is 0 Å². The third-order valence-corrected chi connectivity index (χ3v) is 15.3. The average Bonchev–Trinajstić information content (AvgIpc) is 2.99. The van der Waals surface area contributed by atoms with E-state index in [9.17, 15) is 35.4 Å². The van der Waals surface area contributed by atoms with Crippen LogP contribution < -0.4 is 0 Å². The van der Waals surface area contributed by atoms with E-state index < -0.39 is 48.7 Å². The van der Waals surface area contributed by atoms with Crippen LogP contribution in [0.25, 0.3) is 0 Å². The number of hydrogen-bond donors (Lipinski definition) is 6. The monoisotopic (exact) mass is 634 g/mol. The minimum Gasteiger partial charge on any atom is -0.432 e. The number of aliphatic hydroxyl groups is 6. The van der Waals surface area contributed by atoms with Crippen molar-refractivity contribution in [2.75, 3.05) is 13.2 Å². The Bertz CT molecular complexity index is 1200. The van der Waals surface area contributed by atoms with E-state index in [1.54, 1.807) is 0 Å². The summed E-state index contributed by atoms with van der Waals surface area (Å²) in [4.78, 5) is 14.4. The number of fused-ring (bicyclic) bond motifs is 7. The van der Waals surface area contributed by atoms with E-state index >= 15 is 0 Å². The van der Waals surface area contributed by atoms with Gasteiger partial charge in [0.15, 0.2) is 0 Å². The Morgan fingerprint density at radius 2 is 1.56 bits per heavy atom. The van der Waals surface area contributed by atoms with E-state index in [1.165, 1.54) is 5.57 Å². The predicted octanol–water partition coefficient (Wildman–Crippen LogP) is 3.46. The summed E-state index contributed by atoms with van der Waals surface area (Å²) in [6, 6.07) is 0. The van der Waals surface area contributed by atoms with Crippen LogP contribution in [-0.4, -0.2) is 86.6 Å². The van der Waals surface area contributed by atoms with Gasteiger partial charge in [-0.05, 0) is 109 Å². The van der Waals surface area contributed by atoms with Gasteiger partial charge in [-0.25, -0.2) is 0 Å². The number of carbonyl (C=O) groups is 1. The smallest absolute Gasteiger partial charge is 0.315 e. The van der Waals surface area contributed by atoms with E-state index in [0.717, 1.165) is 38.5 Å². The number of allylic oxidation sites excluding steroid dienone is 2. The zero-order valence-electron chi connectivity index (χ0n) is 28.2. The highest BCUT2D eigenvalue weighted by Crippen LogP contribution is 2.75. The third kappa shape index (κ3) is 4.61. The summed E-state index contributed by atoms with van der Waals surface area (Å²) in [5.41, 5.74) is -0.113. The molecule has 0 aromatic heterocycles. The molecule has 6 rings (SSSR count). The number of hydrogen-bond acceptors (Lipinski definition) is 9. The summed E-state index contributed by atoms with van der Waals surface area (Å²) in [5, 5.41) is 62.5. The number of esters is 1. The molecule has 1 heterocycles. The normalized spacial score (nSPS) is 54.0. The molecule has 6 aliphatic rings. The van der Waals surface area contributed by atoms with E-state index in [4.69, 9.17) is 9.47 Å². The lowest BCUT2D eigenvalue weighted by molar-refractivity contribution is -0.297. The minimum atomic E-state index is -1.65. The zero-order valence-corrected chi connectivity index (χ0v) is 28.2. The molecule has 0 amide bonds. The summed E-state index contributed by atoms with van der Waals surface area (Å²) in [5.74, 6) is 0.248. The fraction of sp³-hybridized carbons (Fsp3) is 0.917. The predicted molar refractivity (Wildman–Crippen MR) is 166 cm³/mol. The summed E-state index contributed by atoms with van der Waals surface area (Å²) >= 11 is 0. The summed E-state index contributed by atoms with van der Waals surface area (Å²) in [6.45, 7) is 13.4. The van der Waals surface area contributed by atoms with Crippen molar-refractivity contribution in [3.8, 4) is 0 Å². The van der Waals surface area contributed by atoms with Gasteiger partial charge >= 0.3 is 5.97 Å². The third-order valence-electron chi connectivity index (χ3n) is 15.3. The van der Waals surface area contributed by atoms with Gasteiger partial charge in [-0.15, -0.1) is 0 Å². The van der Waals surface area contributed by atoms with Crippen LogP contribution >= 0.6 is 0 Å². The number of carbonyl (C=O) groups excluding carboxylic acids is 1. The van der Waals surface area contributed by atoms with Gasteiger partial charge in [0.05, 0.1) is 18.1 Å². The first-order valence-corrected chi connectivity index (χ1v) is 17.5. The molecule has 1 aliphatic heterocycles. The van der Waals surface area contributed by atoms with Crippen LogP contribution in [0.4, 0.5) is 0 Å². The lowest BCUT2D eigenvalue weighted by Crippen LogP contribution is -2.65. The maximum atomic E-state index is 14.4. The molecule has 9 heteroatoms. The van der Waals surface area contributed by atoms with Crippen molar-refractivity contribution in [1.29, 1.82) is 0 Å². The maximum Gasteiger partial charge on any atom is 0.315 e. The molecule has 5 fully saturated rings. The summed E-state index contributed by atoms with van der Waals surface area (Å²) in [6.07, 6.45) is 2.83. The average molecular weight is 635 g/mol. The van der Waals surface area contributed by atoms with E-state index in [-0.39, 0.29) is 45.7 Å². The highest BCUT2D eigenvalue weighted by atomic mass is 16.7. The van der Waals surface area contributed by atoms with Gasteiger partial charge in [0, 0.05) is 6.61 Å². The number of rotatable bonds is 4. The second-order valence-corrected chi connectivity index (χ2v) is 17.7. The van der Waals surface area contributed by atoms with Crippen LogP contribution in [-0.2, 0) is 14.3 Å². The Labute approximate surface area is 268 Å². The van der Waals surface area contributed by atoms with Gasteiger partial charge < -0.3 is 40.1 Å². The Morgan fingerprint density at radius 3 is 2.22 bits per heavy atom. The topological polar surface area (TPSA) is 157 Å². The van der Waals surface area contributed by atoms with Crippen molar-refractivity contribution in [2.24, 2.45) is 50.2 Å². The fourth-order valence-electron chi connectivity index (χ4n) is 12.0. The van der Waals surface area contributed by atoms with Gasteiger partial charge in [0.2, 0.25) is 6.29 Å². The first kappa shape index (κ1) is 33.8. The molecule has 5 aliphatic carbocycles. The number of aliphatic hydroxyl groups excluding tert-OH is 6. The zero-order chi connectivity index (χ0) is 33.0. The largest absolute Gasteiger partial charge is 0.432 e. The number of ether oxygens (including phenoxy) is 2. The minimum absolute atomic E-state index is 0.00110. The Hall–Kier alpha value is -1.07. The van der Waals surface area contributed by atoms with Gasteiger partial charge in [-0.3, -0.25) is 4.79 Å². The molecular formula is C36H58O9. The first-order chi connectivity index (χ1) is 20.9. The quantitative estimate of drug-likeness (QED) is 0.201.